The van der Waals surface area contributed by atoms with E-state index in [0.29, 0.717) is 16.3 Å². The third-order valence-electron chi connectivity index (χ3n) is 4.92. The minimum Gasteiger partial charge on any atom is -0.462 e. The lowest BCUT2D eigenvalue weighted by atomic mass is 9.70. The summed E-state index contributed by atoms with van der Waals surface area (Å²) in [5.41, 5.74) is -0.722. The van der Waals surface area contributed by atoms with Crippen molar-refractivity contribution < 1.29 is 23.1 Å². The summed E-state index contributed by atoms with van der Waals surface area (Å²) in [5, 5.41) is 3.58. The van der Waals surface area contributed by atoms with E-state index in [0.717, 1.165) is 0 Å². The number of carbonyl (C=O) groups excluding carboxylic acids is 2. The number of alkyl halides is 2. The highest BCUT2D eigenvalue weighted by atomic mass is 35.5. The van der Waals surface area contributed by atoms with E-state index in [1.807, 2.05) is 0 Å². The van der Waals surface area contributed by atoms with Crippen molar-refractivity contribution in [2.24, 2.45) is 0 Å². The fourth-order valence-corrected chi connectivity index (χ4v) is 3.78. The predicted octanol–water partition coefficient (Wildman–Crippen LogP) is 4.79. The van der Waals surface area contributed by atoms with Gasteiger partial charge in [-0.25, -0.2) is 4.79 Å². The molecule has 0 aromatic heterocycles. The van der Waals surface area contributed by atoms with Crippen molar-refractivity contribution in [3.05, 3.63) is 77.3 Å². The van der Waals surface area contributed by atoms with Crippen LogP contribution in [0.4, 0.5) is 14.5 Å². The van der Waals surface area contributed by atoms with E-state index in [1.165, 1.54) is 19.1 Å². The number of hydrogen-bond donors (Lipinski definition) is 1. The second kappa shape index (κ2) is 8.33. The minimum atomic E-state index is -3.85. The molecule has 0 saturated heterocycles. The molecule has 0 unspecified atom stereocenters. The van der Waals surface area contributed by atoms with Crippen LogP contribution in [0, 0.1) is 0 Å². The molecule has 0 heterocycles. The maximum atomic E-state index is 14.8. The van der Waals surface area contributed by atoms with Crippen molar-refractivity contribution in [2.45, 2.75) is 30.7 Å². The zero-order chi connectivity index (χ0) is 21.1. The molecule has 29 heavy (non-hydrogen) atoms. The van der Waals surface area contributed by atoms with Crippen molar-refractivity contribution in [1.29, 1.82) is 0 Å². The summed E-state index contributed by atoms with van der Waals surface area (Å²) >= 11 is 6.02. The van der Waals surface area contributed by atoms with Crippen LogP contribution in [0.25, 0.3) is 0 Å². The minimum absolute atomic E-state index is 0.177. The lowest BCUT2D eigenvalue weighted by molar-refractivity contribution is -0.174. The SMILES string of the molecule is CCOC(=O)C(F)(F)C[C@]1(c2ccccc2)C(=O)C=C[C@H]1Nc1cccc(Cl)c1. The van der Waals surface area contributed by atoms with Crippen molar-refractivity contribution in [1.82, 2.24) is 0 Å². The Balaban J connectivity index is 2.05. The Bertz CT molecular complexity index is 933. The summed E-state index contributed by atoms with van der Waals surface area (Å²) in [5.74, 6) is -5.99. The van der Waals surface area contributed by atoms with Gasteiger partial charge in [0.05, 0.1) is 18.1 Å². The molecule has 0 aliphatic heterocycles. The first-order valence-electron chi connectivity index (χ1n) is 9.15. The number of rotatable bonds is 7. The Morgan fingerprint density at radius 2 is 1.93 bits per heavy atom. The standard InChI is InChI=1S/C22H20ClF2NO3/c1-2-29-20(28)22(24,25)14-21(15-7-4-3-5-8-15)18(11-12-19(21)27)26-17-10-6-9-16(23)13-17/h3-13,18,26H,2,14H2,1H3/t18-,21-/m1/s1. The number of benzene rings is 2. The van der Waals surface area contributed by atoms with Crippen molar-refractivity contribution in [2.75, 3.05) is 11.9 Å². The maximum Gasteiger partial charge on any atom is 0.377 e. The molecule has 0 saturated carbocycles. The van der Waals surface area contributed by atoms with E-state index in [2.05, 4.69) is 10.1 Å². The van der Waals surface area contributed by atoms with E-state index in [-0.39, 0.29) is 6.61 Å². The van der Waals surface area contributed by atoms with Gasteiger partial charge >= 0.3 is 11.9 Å². The first kappa shape index (κ1) is 21.0. The van der Waals surface area contributed by atoms with Gasteiger partial charge in [-0.15, -0.1) is 0 Å². The molecule has 0 radical (unpaired) electrons. The Morgan fingerprint density at radius 1 is 1.21 bits per heavy atom. The van der Waals surface area contributed by atoms with Gasteiger partial charge in [0.2, 0.25) is 0 Å². The van der Waals surface area contributed by atoms with Gasteiger partial charge in [0.1, 0.15) is 0 Å². The Labute approximate surface area is 172 Å². The molecule has 4 nitrogen and oxygen atoms in total. The van der Waals surface area contributed by atoms with E-state index in [1.54, 1.807) is 54.6 Å². The van der Waals surface area contributed by atoms with Crippen molar-refractivity contribution in [3.8, 4) is 0 Å². The molecule has 0 bridgehead atoms. The van der Waals surface area contributed by atoms with Crippen LogP contribution in [-0.4, -0.2) is 30.3 Å². The number of carbonyl (C=O) groups is 2. The van der Waals surface area contributed by atoms with Gasteiger partial charge in [-0.1, -0.05) is 54.1 Å². The molecule has 1 aliphatic carbocycles. The third kappa shape index (κ3) is 4.17. The molecular formula is C22H20ClF2NO3. The number of ether oxygens (including phenoxy) is 1. The van der Waals surface area contributed by atoms with E-state index in [4.69, 9.17) is 11.6 Å². The van der Waals surface area contributed by atoms with Crippen molar-refractivity contribution >= 4 is 29.0 Å². The average Bonchev–Trinajstić information content (AvgIpc) is 2.99. The first-order chi connectivity index (χ1) is 13.8. The first-order valence-corrected chi connectivity index (χ1v) is 9.52. The molecule has 0 spiro atoms. The fraction of sp³-hybridized carbons (Fsp3) is 0.273. The van der Waals surface area contributed by atoms with Crippen LogP contribution in [0.2, 0.25) is 5.02 Å². The second-order valence-electron chi connectivity index (χ2n) is 6.79. The van der Waals surface area contributed by atoms with E-state index >= 15 is 0 Å². The molecule has 2 aromatic carbocycles. The normalized spacial score (nSPS) is 21.2. The zero-order valence-corrected chi connectivity index (χ0v) is 16.5. The third-order valence-corrected chi connectivity index (χ3v) is 5.16. The fourth-order valence-electron chi connectivity index (χ4n) is 3.59. The van der Waals surface area contributed by atoms with Gasteiger partial charge in [0.25, 0.3) is 0 Å². The van der Waals surface area contributed by atoms with Gasteiger partial charge < -0.3 is 10.1 Å². The maximum absolute atomic E-state index is 14.8. The number of anilines is 1. The van der Waals surface area contributed by atoms with Gasteiger partial charge in [0.15, 0.2) is 5.78 Å². The van der Waals surface area contributed by atoms with Crippen LogP contribution in [0.3, 0.4) is 0 Å². The molecule has 1 aliphatic rings. The second-order valence-corrected chi connectivity index (χ2v) is 7.23. The highest BCUT2D eigenvalue weighted by Crippen LogP contribution is 2.44. The van der Waals surface area contributed by atoms with E-state index in [9.17, 15) is 18.4 Å². The van der Waals surface area contributed by atoms with Crippen LogP contribution in [0.1, 0.15) is 18.9 Å². The molecule has 7 heteroatoms. The van der Waals surface area contributed by atoms with Crippen LogP contribution in [-0.2, 0) is 19.7 Å². The van der Waals surface area contributed by atoms with Crippen molar-refractivity contribution in [3.63, 3.8) is 0 Å². The molecule has 2 aromatic rings. The average molecular weight is 420 g/mol. The number of allylic oxidation sites excluding steroid dienone is 1. The van der Waals surface area contributed by atoms with Crippen LogP contribution in [0.15, 0.2) is 66.7 Å². The topological polar surface area (TPSA) is 55.4 Å². The largest absolute Gasteiger partial charge is 0.462 e. The number of nitrogens with one attached hydrogen (secondary N) is 1. The highest BCUT2D eigenvalue weighted by molar-refractivity contribution is 6.30. The van der Waals surface area contributed by atoms with Crippen LogP contribution in [0.5, 0.6) is 0 Å². The summed E-state index contributed by atoms with van der Waals surface area (Å²) in [6.07, 6.45) is 1.79. The number of halogens is 3. The quantitative estimate of drug-likeness (QED) is 0.656. The van der Waals surface area contributed by atoms with Gasteiger partial charge in [-0.2, -0.15) is 8.78 Å². The molecule has 3 rings (SSSR count). The molecular weight excluding hydrogens is 400 g/mol. The monoisotopic (exact) mass is 419 g/mol. The summed E-state index contributed by atoms with van der Waals surface area (Å²) in [6.45, 7) is 1.27. The summed E-state index contributed by atoms with van der Waals surface area (Å²) in [4.78, 5) is 24.9. The lowest BCUT2D eigenvalue weighted by Gasteiger charge is -2.37. The van der Waals surface area contributed by atoms with Crippen LogP contribution < -0.4 is 5.32 Å². The van der Waals surface area contributed by atoms with Gasteiger partial charge in [-0.05, 0) is 36.8 Å². The summed E-state index contributed by atoms with van der Waals surface area (Å²) in [6, 6.07) is 14.2. The summed E-state index contributed by atoms with van der Waals surface area (Å²) < 4.78 is 34.2. The number of ketones is 1. The molecule has 0 fully saturated rings. The molecule has 2 atom stereocenters. The van der Waals surface area contributed by atoms with Gasteiger partial charge in [0, 0.05) is 17.1 Å². The number of esters is 1. The Kier molecular flexibility index (Phi) is 6.03. The molecule has 0 amide bonds. The number of hydrogen-bond acceptors (Lipinski definition) is 4. The van der Waals surface area contributed by atoms with Gasteiger partial charge in [-0.3, -0.25) is 4.79 Å². The highest BCUT2D eigenvalue weighted by Gasteiger charge is 2.57. The Morgan fingerprint density at radius 3 is 2.59 bits per heavy atom. The molecule has 1 N–H and O–H groups in total. The lowest BCUT2D eigenvalue weighted by Crippen LogP contribution is -2.51. The predicted molar refractivity (Wildman–Crippen MR) is 107 cm³/mol. The smallest absolute Gasteiger partial charge is 0.377 e. The Hall–Kier alpha value is -2.73. The molecule has 152 valence electrons. The van der Waals surface area contributed by atoms with E-state index < -0.39 is 35.6 Å². The van der Waals surface area contributed by atoms with Crippen LogP contribution >= 0.6 is 11.6 Å². The zero-order valence-electron chi connectivity index (χ0n) is 15.7. The summed E-state index contributed by atoms with van der Waals surface area (Å²) in [7, 11) is 0.